The number of rotatable bonds is 3. The van der Waals surface area contributed by atoms with Crippen LogP contribution in [0.15, 0.2) is 18.2 Å². The van der Waals surface area contributed by atoms with Crippen molar-refractivity contribution in [3.05, 3.63) is 29.6 Å². The van der Waals surface area contributed by atoms with Crippen LogP contribution in [0.5, 0.6) is 5.75 Å². The molecule has 1 amide bonds. The van der Waals surface area contributed by atoms with Gasteiger partial charge in [0.2, 0.25) is 0 Å². The second-order valence-electron chi connectivity index (χ2n) is 3.91. The monoisotopic (exact) mass is 255 g/mol. The van der Waals surface area contributed by atoms with Crippen molar-refractivity contribution in [2.45, 2.75) is 6.10 Å². The van der Waals surface area contributed by atoms with Gasteiger partial charge in [-0.2, -0.15) is 0 Å². The molecule has 1 aliphatic rings. The molecular formula is C12H14FNO4. The number of ether oxygens (including phenoxy) is 2. The van der Waals surface area contributed by atoms with Crippen LogP contribution >= 0.6 is 0 Å². The zero-order valence-corrected chi connectivity index (χ0v) is 9.69. The van der Waals surface area contributed by atoms with Gasteiger partial charge in [0.1, 0.15) is 17.1 Å². The molecule has 1 aromatic carbocycles. The summed E-state index contributed by atoms with van der Waals surface area (Å²) in [7, 11) is 0. The van der Waals surface area contributed by atoms with Crippen LogP contribution in [0.2, 0.25) is 0 Å². The molecule has 2 N–H and O–H groups in total. The minimum absolute atomic E-state index is 0.215. The SMILES string of the molecule is O=C(NCC1COCCO1)c1c(O)cccc1F. The number of benzene rings is 1. The van der Waals surface area contributed by atoms with Crippen LogP contribution in [-0.2, 0) is 9.47 Å². The molecule has 1 fully saturated rings. The number of aromatic hydroxyl groups is 1. The zero-order valence-electron chi connectivity index (χ0n) is 9.69. The highest BCUT2D eigenvalue weighted by Crippen LogP contribution is 2.19. The van der Waals surface area contributed by atoms with Crippen molar-refractivity contribution in [2.75, 3.05) is 26.4 Å². The van der Waals surface area contributed by atoms with Crippen LogP contribution in [0.4, 0.5) is 4.39 Å². The van der Waals surface area contributed by atoms with Gasteiger partial charge in [-0.25, -0.2) is 4.39 Å². The lowest BCUT2D eigenvalue weighted by Gasteiger charge is -2.23. The third-order valence-electron chi connectivity index (χ3n) is 2.59. The van der Waals surface area contributed by atoms with E-state index in [4.69, 9.17) is 9.47 Å². The molecule has 1 aromatic rings. The van der Waals surface area contributed by atoms with Gasteiger partial charge in [-0.05, 0) is 12.1 Å². The Morgan fingerprint density at radius 1 is 1.50 bits per heavy atom. The highest BCUT2D eigenvalue weighted by Gasteiger charge is 2.19. The molecule has 1 saturated heterocycles. The fourth-order valence-corrected chi connectivity index (χ4v) is 1.69. The minimum atomic E-state index is -0.756. The largest absolute Gasteiger partial charge is 0.507 e. The fourth-order valence-electron chi connectivity index (χ4n) is 1.69. The summed E-state index contributed by atoms with van der Waals surface area (Å²) >= 11 is 0. The molecule has 6 heteroatoms. The quantitative estimate of drug-likeness (QED) is 0.833. The summed E-state index contributed by atoms with van der Waals surface area (Å²) in [6.07, 6.45) is -0.239. The first-order valence-electron chi connectivity index (χ1n) is 5.63. The Bertz CT molecular complexity index is 412. The molecule has 1 unspecified atom stereocenters. The van der Waals surface area contributed by atoms with E-state index >= 15 is 0 Å². The smallest absolute Gasteiger partial charge is 0.258 e. The Balaban J connectivity index is 1.95. The number of nitrogens with one attached hydrogen (secondary N) is 1. The van der Waals surface area contributed by atoms with E-state index in [1.54, 1.807) is 0 Å². The standard InChI is InChI=1S/C12H14FNO4/c13-9-2-1-3-10(15)11(9)12(16)14-6-8-7-17-4-5-18-8/h1-3,8,15H,4-7H2,(H,14,16). The maximum absolute atomic E-state index is 13.4. The molecule has 0 aliphatic carbocycles. The average molecular weight is 255 g/mol. The number of hydrogen-bond acceptors (Lipinski definition) is 4. The molecule has 5 nitrogen and oxygen atoms in total. The Morgan fingerprint density at radius 2 is 2.33 bits per heavy atom. The van der Waals surface area contributed by atoms with Crippen molar-refractivity contribution < 1.29 is 23.8 Å². The van der Waals surface area contributed by atoms with Crippen molar-refractivity contribution in [3.8, 4) is 5.75 Å². The predicted octanol–water partition coefficient (Wildman–Crippen LogP) is 0.676. The predicted molar refractivity (Wildman–Crippen MR) is 61.0 cm³/mol. The van der Waals surface area contributed by atoms with E-state index in [-0.39, 0.29) is 24.0 Å². The lowest BCUT2D eigenvalue weighted by Crippen LogP contribution is -2.39. The number of phenols is 1. The van der Waals surface area contributed by atoms with Gasteiger partial charge in [0, 0.05) is 6.54 Å². The van der Waals surface area contributed by atoms with Crippen LogP contribution < -0.4 is 5.32 Å². The number of halogens is 1. The number of carbonyl (C=O) groups excluding carboxylic acids is 1. The van der Waals surface area contributed by atoms with Crippen LogP contribution in [-0.4, -0.2) is 43.5 Å². The summed E-state index contributed by atoms with van der Waals surface area (Å²) in [6, 6.07) is 3.71. The summed E-state index contributed by atoms with van der Waals surface area (Å²) in [5.74, 6) is -1.80. The molecule has 0 spiro atoms. The molecule has 1 aliphatic heterocycles. The summed E-state index contributed by atoms with van der Waals surface area (Å²) in [5, 5.41) is 11.9. The third-order valence-corrected chi connectivity index (χ3v) is 2.59. The van der Waals surface area contributed by atoms with Crippen LogP contribution in [0.25, 0.3) is 0 Å². The molecule has 0 saturated carbocycles. The summed E-state index contributed by atoms with van der Waals surface area (Å²) in [6.45, 7) is 1.63. The maximum atomic E-state index is 13.4. The Hall–Kier alpha value is -1.66. The number of phenolic OH excluding ortho intramolecular Hbond substituents is 1. The van der Waals surface area contributed by atoms with Crippen molar-refractivity contribution in [2.24, 2.45) is 0 Å². The van der Waals surface area contributed by atoms with Crippen LogP contribution in [0.1, 0.15) is 10.4 Å². The van der Waals surface area contributed by atoms with E-state index in [9.17, 15) is 14.3 Å². The normalized spacial score (nSPS) is 19.5. The van der Waals surface area contributed by atoms with Crippen molar-refractivity contribution in [1.82, 2.24) is 5.32 Å². The van der Waals surface area contributed by atoms with Gasteiger partial charge in [-0.15, -0.1) is 0 Å². The van der Waals surface area contributed by atoms with E-state index in [0.29, 0.717) is 19.8 Å². The van der Waals surface area contributed by atoms with Crippen molar-refractivity contribution in [1.29, 1.82) is 0 Å². The highest BCUT2D eigenvalue weighted by molar-refractivity contribution is 5.97. The van der Waals surface area contributed by atoms with Gasteiger partial charge in [0.25, 0.3) is 5.91 Å². The van der Waals surface area contributed by atoms with Gasteiger partial charge < -0.3 is 19.9 Å². The topological polar surface area (TPSA) is 67.8 Å². The summed E-state index contributed by atoms with van der Waals surface area (Å²) in [5.41, 5.74) is -0.353. The van der Waals surface area contributed by atoms with Gasteiger partial charge in [-0.1, -0.05) is 6.07 Å². The third kappa shape index (κ3) is 2.96. The lowest BCUT2D eigenvalue weighted by molar-refractivity contribution is -0.0855. The van der Waals surface area contributed by atoms with Crippen molar-refractivity contribution in [3.63, 3.8) is 0 Å². The first kappa shape index (κ1) is 12.8. The Kier molecular flexibility index (Phi) is 4.11. The Morgan fingerprint density at radius 3 is 3.00 bits per heavy atom. The van der Waals surface area contributed by atoms with Gasteiger partial charge in [0.15, 0.2) is 0 Å². The number of amides is 1. The minimum Gasteiger partial charge on any atom is -0.507 e. The first-order valence-corrected chi connectivity index (χ1v) is 5.63. The van der Waals surface area contributed by atoms with Gasteiger partial charge in [-0.3, -0.25) is 4.79 Å². The van der Waals surface area contributed by atoms with E-state index in [1.807, 2.05) is 0 Å². The summed E-state index contributed by atoms with van der Waals surface area (Å²) in [4.78, 5) is 11.7. The highest BCUT2D eigenvalue weighted by atomic mass is 19.1. The molecule has 18 heavy (non-hydrogen) atoms. The molecular weight excluding hydrogens is 241 g/mol. The number of carbonyl (C=O) groups is 1. The molecule has 1 heterocycles. The summed E-state index contributed by atoms with van der Waals surface area (Å²) < 4.78 is 23.9. The zero-order chi connectivity index (χ0) is 13.0. The molecule has 98 valence electrons. The first-order chi connectivity index (χ1) is 8.68. The molecule has 0 aromatic heterocycles. The van der Waals surface area contributed by atoms with E-state index in [0.717, 1.165) is 6.07 Å². The van der Waals surface area contributed by atoms with E-state index in [2.05, 4.69) is 5.32 Å². The van der Waals surface area contributed by atoms with Crippen LogP contribution in [0, 0.1) is 5.82 Å². The fraction of sp³-hybridized carbons (Fsp3) is 0.417. The van der Waals surface area contributed by atoms with Crippen LogP contribution in [0.3, 0.4) is 0 Å². The van der Waals surface area contributed by atoms with Crippen molar-refractivity contribution >= 4 is 5.91 Å². The average Bonchev–Trinajstić information content (AvgIpc) is 2.37. The second kappa shape index (κ2) is 5.79. The molecule has 0 radical (unpaired) electrons. The maximum Gasteiger partial charge on any atom is 0.258 e. The lowest BCUT2D eigenvalue weighted by atomic mass is 10.1. The van der Waals surface area contributed by atoms with Gasteiger partial charge >= 0.3 is 0 Å². The second-order valence-corrected chi connectivity index (χ2v) is 3.91. The van der Waals surface area contributed by atoms with Gasteiger partial charge in [0.05, 0.1) is 25.9 Å². The Labute approximate surface area is 104 Å². The molecule has 0 bridgehead atoms. The molecule has 2 rings (SSSR count). The van der Waals surface area contributed by atoms with E-state index < -0.39 is 11.7 Å². The number of hydrogen-bond donors (Lipinski definition) is 2. The molecule has 1 atom stereocenters. The van der Waals surface area contributed by atoms with E-state index in [1.165, 1.54) is 12.1 Å².